The lowest BCUT2D eigenvalue weighted by atomic mass is 9.94. The smallest absolute Gasteiger partial charge is 0.263 e. The highest BCUT2D eigenvalue weighted by Gasteiger charge is 2.41. The molecule has 0 bridgehead atoms. The number of para-hydroxylation sites is 2. The second-order valence-corrected chi connectivity index (χ2v) is 11.1. The van der Waals surface area contributed by atoms with Gasteiger partial charge in [-0.25, -0.2) is 0 Å². The van der Waals surface area contributed by atoms with Gasteiger partial charge in [0, 0.05) is 45.9 Å². The van der Waals surface area contributed by atoms with Gasteiger partial charge < -0.3 is 24.2 Å². The molecule has 3 saturated heterocycles. The first kappa shape index (κ1) is 26.6. The van der Waals surface area contributed by atoms with Crippen molar-refractivity contribution in [1.29, 1.82) is 0 Å². The highest BCUT2D eigenvalue weighted by atomic mass is 16.5. The number of piperazine rings is 1. The second-order valence-electron chi connectivity index (χ2n) is 11.1. The third kappa shape index (κ3) is 5.03. The van der Waals surface area contributed by atoms with Gasteiger partial charge in [0.2, 0.25) is 5.91 Å². The van der Waals surface area contributed by atoms with Gasteiger partial charge in [-0.1, -0.05) is 18.2 Å². The number of imide groups is 1. The van der Waals surface area contributed by atoms with E-state index in [9.17, 15) is 14.4 Å². The van der Waals surface area contributed by atoms with E-state index in [-0.39, 0.29) is 29.7 Å². The van der Waals surface area contributed by atoms with E-state index in [4.69, 9.17) is 9.47 Å². The maximum absolute atomic E-state index is 13.7. The van der Waals surface area contributed by atoms with Crippen LogP contribution in [-0.4, -0.2) is 92.7 Å². The van der Waals surface area contributed by atoms with Crippen LogP contribution in [0.2, 0.25) is 0 Å². The third-order valence-corrected chi connectivity index (χ3v) is 8.60. The van der Waals surface area contributed by atoms with Crippen molar-refractivity contribution in [3.05, 3.63) is 53.6 Å². The number of anilines is 2. The van der Waals surface area contributed by atoms with Crippen LogP contribution in [-0.2, 0) is 9.53 Å². The summed E-state index contributed by atoms with van der Waals surface area (Å²) in [6.07, 6.45) is 3.43. The Morgan fingerprint density at radius 3 is 2.48 bits per heavy atom. The van der Waals surface area contributed by atoms with E-state index in [1.165, 1.54) is 4.90 Å². The molecule has 3 amide bonds. The van der Waals surface area contributed by atoms with E-state index in [0.29, 0.717) is 50.5 Å². The lowest BCUT2D eigenvalue weighted by molar-refractivity contribution is -0.136. The summed E-state index contributed by atoms with van der Waals surface area (Å²) in [4.78, 5) is 48.0. The van der Waals surface area contributed by atoms with Gasteiger partial charge in [0.15, 0.2) is 0 Å². The number of nitrogens with zero attached hydrogens (tertiary/aromatic N) is 4. The van der Waals surface area contributed by atoms with Gasteiger partial charge in [-0.3, -0.25) is 19.3 Å². The molecule has 3 fully saturated rings. The minimum absolute atomic E-state index is 0.0873. The first-order valence-corrected chi connectivity index (χ1v) is 14.7. The average Bonchev–Trinajstić information content (AvgIpc) is 3.60. The monoisotopic (exact) mass is 546 g/mol. The van der Waals surface area contributed by atoms with Gasteiger partial charge in [-0.15, -0.1) is 0 Å². The lowest BCUT2D eigenvalue weighted by Crippen LogP contribution is -2.52. The Bertz CT molecular complexity index is 1270. The predicted octanol–water partition coefficient (Wildman–Crippen LogP) is 3.43. The lowest BCUT2D eigenvalue weighted by Gasteiger charge is -2.40. The zero-order valence-electron chi connectivity index (χ0n) is 23.2. The van der Waals surface area contributed by atoms with Crippen LogP contribution in [0.25, 0.3) is 0 Å². The van der Waals surface area contributed by atoms with Crippen LogP contribution in [0.1, 0.15) is 53.3 Å². The molecule has 2 atom stereocenters. The van der Waals surface area contributed by atoms with Crippen LogP contribution in [0.3, 0.4) is 0 Å². The van der Waals surface area contributed by atoms with E-state index < -0.39 is 0 Å². The molecular formula is C31H38N4O5. The molecule has 0 saturated carbocycles. The molecule has 4 aliphatic rings. The molecule has 40 heavy (non-hydrogen) atoms. The number of carbonyl (C=O) groups excluding carboxylic acids is 3. The summed E-state index contributed by atoms with van der Waals surface area (Å²) in [6, 6.07) is 13.6. The number of benzene rings is 2. The van der Waals surface area contributed by atoms with Crippen molar-refractivity contribution >= 4 is 29.1 Å². The minimum atomic E-state index is -0.247. The summed E-state index contributed by atoms with van der Waals surface area (Å²) >= 11 is 0. The average molecular weight is 547 g/mol. The molecule has 0 N–H and O–H groups in total. The van der Waals surface area contributed by atoms with Gasteiger partial charge in [-0.05, 0) is 56.9 Å². The molecule has 212 valence electrons. The van der Waals surface area contributed by atoms with Gasteiger partial charge in [0.25, 0.3) is 11.8 Å². The van der Waals surface area contributed by atoms with Crippen LogP contribution >= 0.6 is 0 Å². The van der Waals surface area contributed by atoms with Gasteiger partial charge >= 0.3 is 0 Å². The molecular weight excluding hydrogens is 508 g/mol. The minimum Gasteiger partial charge on any atom is -0.492 e. The SMILES string of the molecule is CCOc1ccccc1N1CCN(C(=O)[C@H]2CCCN(c3cccc4c3C(=O)N(C[C@H]3CCCO3)C4=O)C2)CC1. The first-order valence-electron chi connectivity index (χ1n) is 14.7. The van der Waals surface area contributed by atoms with E-state index in [2.05, 4.69) is 15.9 Å². The van der Waals surface area contributed by atoms with Gasteiger partial charge in [-0.2, -0.15) is 0 Å². The van der Waals surface area contributed by atoms with E-state index in [0.717, 1.165) is 62.4 Å². The molecule has 9 nitrogen and oxygen atoms in total. The summed E-state index contributed by atoms with van der Waals surface area (Å²) < 4.78 is 11.5. The number of piperidine rings is 1. The number of hydrogen-bond acceptors (Lipinski definition) is 7. The molecule has 0 unspecified atom stereocenters. The largest absolute Gasteiger partial charge is 0.492 e. The van der Waals surface area contributed by atoms with Crippen molar-refractivity contribution in [3.8, 4) is 5.75 Å². The van der Waals surface area contributed by atoms with Crippen LogP contribution < -0.4 is 14.5 Å². The molecule has 4 aliphatic heterocycles. The standard InChI is InChI=1S/C31H38N4O5/c1-2-39-27-13-4-3-11-25(27)32-15-17-33(18-16-32)29(36)22-8-6-14-34(20-22)26-12-5-10-24-28(26)31(38)35(30(24)37)21-23-9-7-19-40-23/h3-5,10-13,22-23H,2,6-9,14-21H2,1H3/t22-,23+/m0/s1. The predicted molar refractivity (Wildman–Crippen MR) is 152 cm³/mol. The number of carbonyl (C=O) groups is 3. The number of hydrogen-bond donors (Lipinski definition) is 0. The van der Waals surface area contributed by atoms with Crippen molar-refractivity contribution in [2.24, 2.45) is 5.92 Å². The zero-order chi connectivity index (χ0) is 27.6. The fourth-order valence-electron chi connectivity index (χ4n) is 6.56. The van der Waals surface area contributed by atoms with Crippen molar-refractivity contribution in [3.63, 3.8) is 0 Å². The zero-order valence-corrected chi connectivity index (χ0v) is 23.2. The summed E-state index contributed by atoms with van der Waals surface area (Å²) in [5.41, 5.74) is 2.77. The third-order valence-electron chi connectivity index (χ3n) is 8.60. The Balaban J connectivity index is 1.12. The van der Waals surface area contributed by atoms with Gasteiger partial charge in [0.05, 0.1) is 47.7 Å². The molecule has 4 heterocycles. The number of rotatable bonds is 7. The van der Waals surface area contributed by atoms with Gasteiger partial charge in [0.1, 0.15) is 5.75 Å². The highest BCUT2D eigenvalue weighted by molar-refractivity contribution is 6.23. The topological polar surface area (TPSA) is 82.6 Å². The normalized spacial score (nSPS) is 23.1. The maximum atomic E-state index is 13.7. The number of amides is 3. The molecule has 0 aliphatic carbocycles. The van der Waals surface area contributed by atoms with Crippen molar-refractivity contribution in [2.75, 3.05) is 68.8 Å². The Labute approximate surface area is 235 Å². The number of ether oxygens (including phenoxy) is 2. The van der Waals surface area contributed by atoms with Crippen molar-refractivity contribution in [1.82, 2.24) is 9.80 Å². The van der Waals surface area contributed by atoms with Crippen molar-refractivity contribution < 1.29 is 23.9 Å². The summed E-state index contributed by atoms with van der Waals surface area (Å²) in [6.45, 7) is 7.75. The van der Waals surface area contributed by atoms with Crippen molar-refractivity contribution in [2.45, 2.75) is 38.7 Å². The molecule has 0 radical (unpaired) electrons. The Morgan fingerprint density at radius 1 is 0.900 bits per heavy atom. The quantitative estimate of drug-likeness (QED) is 0.492. The Morgan fingerprint density at radius 2 is 1.70 bits per heavy atom. The number of fused-ring (bicyclic) bond motifs is 1. The summed E-state index contributed by atoms with van der Waals surface area (Å²) in [5, 5.41) is 0. The Kier molecular flexibility index (Phi) is 7.65. The van der Waals surface area contributed by atoms with Crippen LogP contribution in [0.4, 0.5) is 11.4 Å². The molecule has 6 rings (SSSR count). The molecule has 0 spiro atoms. The molecule has 2 aromatic carbocycles. The van der Waals surface area contributed by atoms with Crippen LogP contribution in [0.15, 0.2) is 42.5 Å². The summed E-state index contributed by atoms with van der Waals surface area (Å²) in [7, 11) is 0. The fourth-order valence-corrected chi connectivity index (χ4v) is 6.56. The molecule has 2 aromatic rings. The van der Waals surface area contributed by atoms with Crippen LogP contribution in [0, 0.1) is 5.92 Å². The maximum Gasteiger partial charge on any atom is 0.263 e. The highest BCUT2D eigenvalue weighted by Crippen LogP contribution is 2.35. The van der Waals surface area contributed by atoms with E-state index in [1.807, 2.05) is 42.2 Å². The molecule has 9 heteroatoms. The van der Waals surface area contributed by atoms with E-state index in [1.54, 1.807) is 6.07 Å². The van der Waals surface area contributed by atoms with E-state index >= 15 is 0 Å². The summed E-state index contributed by atoms with van der Waals surface area (Å²) in [5.74, 6) is 0.429. The first-order chi connectivity index (χ1) is 19.5. The van der Waals surface area contributed by atoms with Crippen LogP contribution in [0.5, 0.6) is 5.75 Å². The Hall–Kier alpha value is -3.59. The molecule has 0 aromatic heterocycles. The second kappa shape index (κ2) is 11.5. The fraction of sp³-hybridized carbons (Fsp3) is 0.516.